The molecule has 0 heterocycles. The van der Waals surface area contributed by atoms with Crippen molar-refractivity contribution in [2.24, 2.45) is 11.1 Å². The highest BCUT2D eigenvalue weighted by Crippen LogP contribution is 2.43. The van der Waals surface area contributed by atoms with Crippen molar-refractivity contribution < 1.29 is 8.42 Å². The zero-order valence-electron chi connectivity index (χ0n) is 10.9. The van der Waals surface area contributed by atoms with Crippen LogP contribution in [0.5, 0.6) is 0 Å². The second-order valence-electron chi connectivity index (χ2n) is 5.00. The maximum absolute atomic E-state index is 11.9. The van der Waals surface area contributed by atoms with Gasteiger partial charge in [0, 0.05) is 20.1 Å². The van der Waals surface area contributed by atoms with Gasteiger partial charge >= 0.3 is 0 Å². The van der Waals surface area contributed by atoms with Crippen LogP contribution in [0, 0.1) is 5.41 Å². The first-order valence-electron chi connectivity index (χ1n) is 6.37. The van der Waals surface area contributed by atoms with Crippen molar-refractivity contribution in [3.8, 4) is 0 Å². The van der Waals surface area contributed by atoms with Crippen LogP contribution in [0.25, 0.3) is 0 Å². The molecule has 6 heteroatoms. The zero-order valence-corrected chi connectivity index (χ0v) is 11.7. The monoisotopic (exact) mass is 263 g/mol. The summed E-state index contributed by atoms with van der Waals surface area (Å²) in [5.74, 6) is 0. The molecule has 0 radical (unpaired) electrons. The number of hydrogen-bond acceptors (Lipinski definition) is 3. The topological polar surface area (TPSA) is 75.4 Å². The Morgan fingerprint density at radius 1 is 1.41 bits per heavy atom. The lowest BCUT2D eigenvalue weighted by atomic mass is 9.67. The minimum Gasteiger partial charge on any atom is -0.330 e. The third kappa shape index (κ3) is 3.91. The van der Waals surface area contributed by atoms with Crippen molar-refractivity contribution in [3.63, 3.8) is 0 Å². The maximum atomic E-state index is 11.9. The first-order chi connectivity index (χ1) is 7.96. The molecule has 0 atom stereocenters. The van der Waals surface area contributed by atoms with Crippen LogP contribution in [0.1, 0.15) is 39.0 Å². The second-order valence-corrected chi connectivity index (χ2v) is 6.86. The van der Waals surface area contributed by atoms with Crippen molar-refractivity contribution in [2.45, 2.75) is 39.0 Å². The van der Waals surface area contributed by atoms with Crippen molar-refractivity contribution in [3.05, 3.63) is 0 Å². The summed E-state index contributed by atoms with van der Waals surface area (Å²) in [5.41, 5.74) is 5.58. The first kappa shape index (κ1) is 14.9. The summed E-state index contributed by atoms with van der Waals surface area (Å²) in [7, 11) is -1.73. The van der Waals surface area contributed by atoms with Crippen LogP contribution in [0.2, 0.25) is 0 Å². The van der Waals surface area contributed by atoms with Crippen LogP contribution in [0.4, 0.5) is 0 Å². The molecule has 5 nitrogen and oxygen atoms in total. The minimum absolute atomic E-state index is 0.210. The molecule has 0 spiro atoms. The molecular formula is C11H25N3O2S. The summed E-state index contributed by atoms with van der Waals surface area (Å²) >= 11 is 0. The SMILES string of the molecule is CCC1(CNS(=O)(=O)N(C)CCCN)CCC1. The Bertz CT molecular complexity index is 320. The van der Waals surface area contributed by atoms with Crippen LogP contribution in [0.3, 0.4) is 0 Å². The van der Waals surface area contributed by atoms with E-state index in [4.69, 9.17) is 5.73 Å². The molecule has 0 unspecified atom stereocenters. The Kier molecular flexibility index (Phi) is 5.37. The third-order valence-corrected chi connectivity index (χ3v) is 5.39. The van der Waals surface area contributed by atoms with Crippen molar-refractivity contribution >= 4 is 10.2 Å². The Labute approximate surface area is 105 Å². The van der Waals surface area contributed by atoms with E-state index in [0.717, 1.165) is 19.3 Å². The Balaban J connectivity index is 2.43. The average molecular weight is 263 g/mol. The average Bonchev–Trinajstić information content (AvgIpc) is 2.24. The largest absolute Gasteiger partial charge is 0.330 e. The number of nitrogens with two attached hydrogens (primary N) is 1. The second kappa shape index (κ2) is 6.13. The van der Waals surface area contributed by atoms with E-state index >= 15 is 0 Å². The van der Waals surface area contributed by atoms with Gasteiger partial charge in [0.15, 0.2) is 0 Å². The molecule has 3 N–H and O–H groups in total. The van der Waals surface area contributed by atoms with Gasteiger partial charge in [-0.1, -0.05) is 13.3 Å². The lowest BCUT2D eigenvalue weighted by Crippen LogP contribution is -2.46. The number of nitrogens with one attached hydrogen (secondary N) is 1. The lowest BCUT2D eigenvalue weighted by Gasteiger charge is -2.41. The summed E-state index contributed by atoms with van der Waals surface area (Å²) in [4.78, 5) is 0. The molecule has 0 aromatic rings. The van der Waals surface area contributed by atoms with Crippen LogP contribution < -0.4 is 10.5 Å². The zero-order chi connectivity index (χ0) is 12.9. The molecule has 0 amide bonds. The molecule has 1 aliphatic carbocycles. The molecule has 1 saturated carbocycles. The van der Waals surface area contributed by atoms with Gasteiger partial charge in [-0.15, -0.1) is 0 Å². The fourth-order valence-electron chi connectivity index (χ4n) is 2.12. The Morgan fingerprint density at radius 2 is 2.06 bits per heavy atom. The predicted octanol–water partition coefficient (Wildman–Crippen LogP) is 0.682. The van der Waals surface area contributed by atoms with E-state index in [2.05, 4.69) is 11.6 Å². The van der Waals surface area contributed by atoms with Crippen molar-refractivity contribution in [1.29, 1.82) is 0 Å². The van der Waals surface area contributed by atoms with E-state index in [1.165, 1.54) is 10.7 Å². The maximum Gasteiger partial charge on any atom is 0.279 e. The molecule has 17 heavy (non-hydrogen) atoms. The molecule has 0 aromatic carbocycles. The highest BCUT2D eigenvalue weighted by molar-refractivity contribution is 7.87. The van der Waals surface area contributed by atoms with Gasteiger partial charge in [-0.05, 0) is 37.6 Å². The Morgan fingerprint density at radius 3 is 2.47 bits per heavy atom. The summed E-state index contributed by atoms with van der Waals surface area (Å²) < 4.78 is 27.9. The van der Waals surface area contributed by atoms with Crippen molar-refractivity contribution in [1.82, 2.24) is 9.03 Å². The van der Waals surface area contributed by atoms with E-state index in [1.54, 1.807) is 7.05 Å². The number of nitrogens with zero attached hydrogens (tertiary/aromatic N) is 1. The van der Waals surface area contributed by atoms with E-state index in [9.17, 15) is 8.42 Å². The fourth-order valence-corrected chi connectivity index (χ4v) is 3.20. The summed E-state index contributed by atoms with van der Waals surface area (Å²) in [6.07, 6.45) is 5.23. The van der Waals surface area contributed by atoms with Gasteiger partial charge in [0.05, 0.1) is 0 Å². The van der Waals surface area contributed by atoms with Gasteiger partial charge < -0.3 is 5.73 Å². The summed E-state index contributed by atoms with van der Waals surface area (Å²) in [5, 5.41) is 0. The van der Waals surface area contributed by atoms with E-state index < -0.39 is 10.2 Å². The number of rotatable bonds is 8. The highest BCUT2D eigenvalue weighted by Gasteiger charge is 2.36. The molecule has 102 valence electrons. The first-order valence-corrected chi connectivity index (χ1v) is 7.81. The summed E-state index contributed by atoms with van der Waals surface area (Å²) in [6, 6.07) is 0. The van der Waals surface area contributed by atoms with Gasteiger partial charge in [-0.2, -0.15) is 12.7 Å². The molecule has 0 bridgehead atoms. The van der Waals surface area contributed by atoms with E-state index in [0.29, 0.717) is 26.1 Å². The minimum atomic E-state index is -3.32. The van der Waals surface area contributed by atoms with Crippen LogP contribution in [0.15, 0.2) is 0 Å². The fraction of sp³-hybridized carbons (Fsp3) is 1.00. The van der Waals surface area contributed by atoms with Gasteiger partial charge in [0.25, 0.3) is 10.2 Å². The van der Waals surface area contributed by atoms with Crippen LogP contribution in [-0.4, -0.2) is 39.4 Å². The predicted molar refractivity (Wildman–Crippen MR) is 69.8 cm³/mol. The van der Waals surface area contributed by atoms with E-state index in [-0.39, 0.29) is 5.41 Å². The lowest BCUT2D eigenvalue weighted by molar-refractivity contribution is 0.132. The molecule has 0 aromatic heterocycles. The molecule has 1 aliphatic rings. The normalized spacial score (nSPS) is 19.3. The quantitative estimate of drug-likeness (QED) is 0.676. The van der Waals surface area contributed by atoms with Crippen molar-refractivity contribution in [2.75, 3.05) is 26.7 Å². The molecule has 1 rings (SSSR count). The van der Waals surface area contributed by atoms with Crippen LogP contribution >= 0.6 is 0 Å². The molecule has 1 fully saturated rings. The Hall–Kier alpha value is -0.170. The smallest absolute Gasteiger partial charge is 0.279 e. The summed E-state index contributed by atoms with van der Waals surface area (Å²) in [6.45, 7) is 3.69. The van der Waals surface area contributed by atoms with Gasteiger partial charge in [-0.25, -0.2) is 4.72 Å². The van der Waals surface area contributed by atoms with Gasteiger partial charge in [0.1, 0.15) is 0 Å². The number of hydrogen-bond donors (Lipinski definition) is 2. The molecule has 0 saturated heterocycles. The molecule has 0 aliphatic heterocycles. The van der Waals surface area contributed by atoms with Gasteiger partial charge in [0.2, 0.25) is 0 Å². The molecular weight excluding hydrogens is 238 g/mol. The highest BCUT2D eigenvalue weighted by atomic mass is 32.2. The van der Waals surface area contributed by atoms with Gasteiger partial charge in [-0.3, -0.25) is 0 Å². The third-order valence-electron chi connectivity index (χ3n) is 3.88. The van der Waals surface area contributed by atoms with E-state index in [1.807, 2.05) is 0 Å². The van der Waals surface area contributed by atoms with Crippen LogP contribution in [-0.2, 0) is 10.2 Å². The standard InChI is InChI=1S/C11H25N3O2S/c1-3-11(6-4-7-11)10-13-17(15,16)14(2)9-5-8-12/h13H,3-10,12H2,1-2H3.